The van der Waals surface area contributed by atoms with Gasteiger partial charge >= 0.3 is 0 Å². The number of carbonyl (C=O) groups excluding carboxylic acids is 1. The Labute approximate surface area is 123 Å². The minimum Gasteiger partial charge on any atom is -0.293 e. The molecule has 1 aromatic heterocycles. The first kappa shape index (κ1) is 14.5. The van der Waals surface area contributed by atoms with Crippen molar-refractivity contribution in [1.29, 1.82) is 0 Å². The molecule has 0 radical (unpaired) electrons. The number of nitrogens with zero attached hydrogens (tertiary/aromatic N) is 2. The number of hydrogen-bond donors (Lipinski definition) is 0. The highest BCUT2D eigenvalue weighted by molar-refractivity contribution is 8.03. The molecule has 1 atom stereocenters. The monoisotopic (exact) mass is 314 g/mol. The van der Waals surface area contributed by atoms with Gasteiger partial charge in [-0.1, -0.05) is 34.9 Å². The van der Waals surface area contributed by atoms with Gasteiger partial charge in [0.2, 0.25) is 0 Å². The van der Waals surface area contributed by atoms with Crippen LogP contribution < -0.4 is 0 Å². The molecule has 3 nitrogen and oxygen atoms in total. The lowest BCUT2D eigenvalue weighted by Crippen LogP contribution is -2.13. The van der Waals surface area contributed by atoms with E-state index in [-0.39, 0.29) is 16.9 Å². The fraction of sp³-hybridized carbons (Fsp3) is 0.250. The molecule has 100 valence electrons. The van der Waals surface area contributed by atoms with Gasteiger partial charge in [0, 0.05) is 5.56 Å². The van der Waals surface area contributed by atoms with Crippen LogP contribution >= 0.6 is 34.9 Å². The Kier molecular flexibility index (Phi) is 4.95. The highest BCUT2D eigenvalue weighted by Crippen LogP contribution is 2.31. The Morgan fingerprint density at radius 2 is 1.89 bits per heavy atom. The molecule has 0 unspecified atom stereocenters. The average Bonchev–Trinajstić information content (AvgIpc) is 2.86. The van der Waals surface area contributed by atoms with Crippen molar-refractivity contribution < 1.29 is 9.18 Å². The molecule has 2 aromatic rings. The van der Waals surface area contributed by atoms with Gasteiger partial charge < -0.3 is 0 Å². The van der Waals surface area contributed by atoms with Crippen molar-refractivity contribution in [3.63, 3.8) is 0 Å². The first-order valence-corrected chi connectivity index (χ1v) is 8.36. The van der Waals surface area contributed by atoms with E-state index in [4.69, 9.17) is 0 Å². The molecule has 1 aromatic carbocycles. The molecule has 7 heteroatoms. The number of carbonyl (C=O) groups is 1. The number of hydrogen-bond acceptors (Lipinski definition) is 6. The van der Waals surface area contributed by atoms with E-state index in [9.17, 15) is 9.18 Å². The maximum Gasteiger partial charge on any atom is 0.175 e. The van der Waals surface area contributed by atoms with Gasteiger partial charge in [-0.25, -0.2) is 4.39 Å². The molecule has 0 fully saturated rings. The quantitative estimate of drug-likeness (QED) is 0.621. The summed E-state index contributed by atoms with van der Waals surface area (Å²) in [6, 6.07) is 5.59. The van der Waals surface area contributed by atoms with Gasteiger partial charge in [-0.2, -0.15) is 0 Å². The summed E-state index contributed by atoms with van der Waals surface area (Å²) in [5.74, 6) is -0.378. The Morgan fingerprint density at radius 3 is 2.47 bits per heavy atom. The number of ketones is 1. The number of Topliss-reactive ketones (excluding diaryl/α,β-unsaturated/α-hetero) is 1. The predicted molar refractivity (Wildman–Crippen MR) is 77.7 cm³/mol. The molecule has 1 heterocycles. The SMILES string of the molecule is CSc1nnc(S[C@H](C)C(=O)c2ccc(F)cc2)s1. The second-order valence-electron chi connectivity index (χ2n) is 3.67. The zero-order valence-corrected chi connectivity index (χ0v) is 12.7. The summed E-state index contributed by atoms with van der Waals surface area (Å²) in [5, 5.41) is 7.73. The Bertz CT molecular complexity index is 571. The lowest BCUT2D eigenvalue weighted by Gasteiger charge is -2.07. The zero-order valence-electron chi connectivity index (χ0n) is 10.3. The van der Waals surface area contributed by atoms with Gasteiger partial charge in [0.25, 0.3) is 0 Å². The first-order valence-electron chi connectivity index (χ1n) is 5.44. The first-order chi connectivity index (χ1) is 9.10. The molecule has 0 spiro atoms. The van der Waals surface area contributed by atoms with Crippen LogP contribution in [0.25, 0.3) is 0 Å². The standard InChI is InChI=1S/C12H11FN2OS3/c1-7(18-12-15-14-11(17-2)19-12)10(16)8-3-5-9(13)6-4-8/h3-7H,1-2H3/t7-/m1/s1. The summed E-state index contributed by atoms with van der Waals surface area (Å²) in [6.07, 6.45) is 1.93. The van der Waals surface area contributed by atoms with Crippen molar-refractivity contribution in [2.75, 3.05) is 6.26 Å². The summed E-state index contributed by atoms with van der Waals surface area (Å²) in [7, 11) is 0. The van der Waals surface area contributed by atoms with Crippen molar-refractivity contribution in [3.8, 4) is 0 Å². The number of halogens is 1. The lowest BCUT2D eigenvalue weighted by atomic mass is 10.1. The predicted octanol–water partition coefficient (Wildman–Crippen LogP) is 3.76. The summed E-state index contributed by atoms with van der Waals surface area (Å²) in [4.78, 5) is 12.1. The average molecular weight is 314 g/mol. The van der Waals surface area contributed by atoms with Gasteiger partial charge in [0.15, 0.2) is 14.5 Å². The summed E-state index contributed by atoms with van der Waals surface area (Å²) in [6.45, 7) is 1.82. The molecular weight excluding hydrogens is 303 g/mol. The molecule has 0 N–H and O–H groups in total. The molecule has 0 saturated carbocycles. The van der Waals surface area contributed by atoms with E-state index < -0.39 is 0 Å². The van der Waals surface area contributed by atoms with Crippen LogP contribution in [0.1, 0.15) is 17.3 Å². The smallest absolute Gasteiger partial charge is 0.175 e. The van der Waals surface area contributed by atoms with E-state index in [1.165, 1.54) is 59.1 Å². The van der Waals surface area contributed by atoms with Gasteiger partial charge in [0.1, 0.15) is 5.82 Å². The van der Waals surface area contributed by atoms with Crippen LogP contribution in [0.4, 0.5) is 4.39 Å². The third-order valence-corrected chi connectivity index (χ3v) is 5.42. The summed E-state index contributed by atoms with van der Waals surface area (Å²) >= 11 is 4.37. The summed E-state index contributed by atoms with van der Waals surface area (Å²) < 4.78 is 14.5. The lowest BCUT2D eigenvalue weighted by molar-refractivity contribution is 0.0994. The fourth-order valence-corrected chi connectivity index (χ4v) is 4.04. The second kappa shape index (κ2) is 6.49. The van der Waals surface area contributed by atoms with Crippen molar-refractivity contribution >= 4 is 40.6 Å². The van der Waals surface area contributed by atoms with Gasteiger partial charge in [-0.05, 0) is 37.4 Å². The van der Waals surface area contributed by atoms with E-state index in [1.807, 2.05) is 13.2 Å². The minimum absolute atomic E-state index is 0.0362. The van der Waals surface area contributed by atoms with Crippen molar-refractivity contribution in [3.05, 3.63) is 35.6 Å². The van der Waals surface area contributed by atoms with Gasteiger partial charge in [0.05, 0.1) is 5.25 Å². The molecule has 19 heavy (non-hydrogen) atoms. The Morgan fingerprint density at radius 1 is 1.26 bits per heavy atom. The van der Waals surface area contributed by atoms with Crippen LogP contribution in [-0.4, -0.2) is 27.5 Å². The molecule has 0 aliphatic heterocycles. The highest BCUT2D eigenvalue weighted by atomic mass is 32.2. The van der Waals surface area contributed by atoms with Crippen molar-refractivity contribution in [1.82, 2.24) is 10.2 Å². The molecule has 0 aliphatic carbocycles. The van der Waals surface area contributed by atoms with E-state index in [0.29, 0.717) is 5.56 Å². The maximum atomic E-state index is 12.8. The van der Waals surface area contributed by atoms with E-state index in [2.05, 4.69) is 10.2 Å². The van der Waals surface area contributed by atoms with Crippen LogP contribution in [-0.2, 0) is 0 Å². The van der Waals surface area contributed by atoms with E-state index >= 15 is 0 Å². The van der Waals surface area contributed by atoms with Crippen LogP contribution in [0.2, 0.25) is 0 Å². The second-order valence-corrected chi connectivity index (χ2v) is 7.29. The van der Waals surface area contributed by atoms with E-state index in [0.717, 1.165) is 8.68 Å². The Hall–Kier alpha value is -0.920. The fourth-order valence-electron chi connectivity index (χ4n) is 1.38. The number of rotatable bonds is 5. The third-order valence-electron chi connectivity index (χ3n) is 2.34. The van der Waals surface area contributed by atoms with Gasteiger partial charge in [-0.15, -0.1) is 10.2 Å². The molecular formula is C12H11FN2OS3. The summed E-state index contributed by atoms with van der Waals surface area (Å²) in [5.41, 5.74) is 0.510. The molecule has 2 rings (SSSR count). The number of thioether (sulfide) groups is 2. The zero-order chi connectivity index (χ0) is 13.8. The Balaban J connectivity index is 2.04. The molecule has 0 amide bonds. The van der Waals surface area contributed by atoms with Crippen LogP contribution in [0.3, 0.4) is 0 Å². The van der Waals surface area contributed by atoms with Crippen LogP contribution in [0.5, 0.6) is 0 Å². The molecule has 0 aliphatic rings. The number of aromatic nitrogens is 2. The maximum absolute atomic E-state index is 12.8. The third kappa shape index (κ3) is 3.77. The molecule has 0 saturated heterocycles. The molecule has 0 bridgehead atoms. The van der Waals surface area contributed by atoms with Crippen LogP contribution in [0.15, 0.2) is 32.9 Å². The highest BCUT2D eigenvalue weighted by Gasteiger charge is 2.18. The topological polar surface area (TPSA) is 42.9 Å². The largest absolute Gasteiger partial charge is 0.293 e. The van der Waals surface area contributed by atoms with Crippen molar-refractivity contribution in [2.45, 2.75) is 20.9 Å². The van der Waals surface area contributed by atoms with Gasteiger partial charge in [-0.3, -0.25) is 4.79 Å². The normalized spacial score (nSPS) is 12.4. The minimum atomic E-state index is -0.342. The van der Waals surface area contributed by atoms with Crippen molar-refractivity contribution in [2.24, 2.45) is 0 Å². The number of benzene rings is 1. The van der Waals surface area contributed by atoms with E-state index in [1.54, 1.807) is 0 Å². The van der Waals surface area contributed by atoms with Crippen LogP contribution in [0, 0.1) is 5.82 Å².